The smallest absolute Gasteiger partial charge is 0.229 e. The summed E-state index contributed by atoms with van der Waals surface area (Å²) in [7, 11) is 0. The number of halogens is 2. The second kappa shape index (κ2) is 5.67. The van der Waals surface area contributed by atoms with E-state index in [0.717, 1.165) is 26.8 Å². The van der Waals surface area contributed by atoms with Crippen molar-refractivity contribution in [3.8, 4) is 0 Å². The molecule has 1 fully saturated rings. The molecule has 2 atom stereocenters. The van der Waals surface area contributed by atoms with Crippen LogP contribution in [0.2, 0.25) is 0 Å². The van der Waals surface area contributed by atoms with Gasteiger partial charge in [-0.15, -0.1) is 0 Å². The molecule has 0 aliphatic carbocycles. The molecule has 1 aliphatic rings. The van der Waals surface area contributed by atoms with Crippen LogP contribution in [0.25, 0.3) is 0 Å². The van der Waals surface area contributed by atoms with Gasteiger partial charge in [0.2, 0.25) is 5.91 Å². The van der Waals surface area contributed by atoms with Gasteiger partial charge >= 0.3 is 0 Å². The molecule has 2 rings (SSSR count). The number of nitrogens with one attached hydrogen (secondary N) is 2. The SMILES string of the molecule is CC1CNCC1C(=O)Nc1cc(Br)ccc1I. The Morgan fingerprint density at radius 3 is 2.94 bits per heavy atom. The average Bonchev–Trinajstić information content (AvgIpc) is 2.70. The van der Waals surface area contributed by atoms with Crippen LogP contribution in [0.3, 0.4) is 0 Å². The quantitative estimate of drug-likeness (QED) is 0.739. The fourth-order valence-electron chi connectivity index (χ4n) is 1.98. The largest absolute Gasteiger partial charge is 0.325 e. The van der Waals surface area contributed by atoms with Crippen LogP contribution in [-0.2, 0) is 4.79 Å². The Bertz CT molecular complexity index is 439. The van der Waals surface area contributed by atoms with Gasteiger partial charge in [-0.2, -0.15) is 0 Å². The van der Waals surface area contributed by atoms with Crippen molar-refractivity contribution >= 4 is 50.1 Å². The lowest BCUT2D eigenvalue weighted by Gasteiger charge is -2.15. The fourth-order valence-corrected chi connectivity index (χ4v) is 2.81. The van der Waals surface area contributed by atoms with E-state index >= 15 is 0 Å². The van der Waals surface area contributed by atoms with Gasteiger partial charge in [0, 0.05) is 14.6 Å². The highest BCUT2D eigenvalue weighted by molar-refractivity contribution is 14.1. The molecule has 1 heterocycles. The van der Waals surface area contributed by atoms with E-state index in [0.29, 0.717) is 5.92 Å². The third kappa shape index (κ3) is 3.20. The minimum Gasteiger partial charge on any atom is -0.325 e. The van der Waals surface area contributed by atoms with Crippen molar-refractivity contribution in [1.82, 2.24) is 5.32 Å². The molecular formula is C12H14BrIN2O. The Balaban J connectivity index is 2.10. The first-order valence-electron chi connectivity index (χ1n) is 5.54. The Labute approximate surface area is 123 Å². The number of anilines is 1. The van der Waals surface area contributed by atoms with Gasteiger partial charge in [-0.3, -0.25) is 4.79 Å². The number of amides is 1. The zero-order chi connectivity index (χ0) is 12.4. The average molecular weight is 409 g/mol. The van der Waals surface area contributed by atoms with E-state index < -0.39 is 0 Å². The Kier molecular flexibility index (Phi) is 4.43. The lowest BCUT2D eigenvalue weighted by Crippen LogP contribution is -2.28. The van der Waals surface area contributed by atoms with Crippen LogP contribution in [0.4, 0.5) is 5.69 Å². The molecule has 1 saturated heterocycles. The number of hydrogen-bond acceptors (Lipinski definition) is 2. The minimum atomic E-state index is 0.0739. The van der Waals surface area contributed by atoms with E-state index in [1.54, 1.807) is 0 Å². The van der Waals surface area contributed by atoms with Gasteiger partial charge in [-0.1, -0.05) is 22.9 Å². The number of benzene rings is 1. The fraction of sp³-hybridized carbons (Fsp3) is 0.417. The maximum atomic E-state index is 12.1. The maximum Gasteiger partial charge on any atom is 0.229 e. The standard InChI is InChI=1S/C12H14BrIN2O/c1-7-5-15-6-9(7)12(17)16-11-4-8(13)2-3-10(11)14/h2-4,7,9,15H,5-6H2,1H3,(H,16,17). The van der Waals surface area contributed by atoms with Crippen molar-refractivity contribution < 1.29 is 4.79 Å². The van der Waals surface area contributed by atoms with Crippen molar-refractivity contribution in [2.24, 2.45) is 11.8 Å². The van der Waals surface area contributed by atoms with Gasteiger partial charge in [0.25, 0.3) is 0 Å². The molecular weight excluding hydrogens is 395 g/mol. The lowest BCUT2D eigenvalue weighted by atomic mass is 9.97. The zero-order valence-corrected chi connectivity index (χ0v) is 13.2. The van der Waals surface area contributed by atoms with Crippen LogP contribution in [-0.4, -0.2) is 19.0 Å². The third-order valence-electron chi connectivity index (χ3n) is 3.04. The third-order valence-corrected chi connectivity index (χ3v) is 4.47. The van der Waals surface area contributed by atoms with Gasteiger partial charge in [0.1, 0.15) is 0 Å². The van der Waals surface area contributed by atoms with Crippen LogP contribution < -0.4 is 10.6 Å². The summed E-state index contributed by atoms with van der Waals surface area (Å²) >= 11 is 5.64. The Morgan fingerprint density at radius 2 is 2.29 bits per heavy atom. The monoisotopic (exact) mass is 408 g/mol. The van der Waals surface area contributed by atoms with Crippen LogP contribution >= 0.6 is 38.5 Å². The van der Waals surface area contributed by atoms with E-state index in [4.69, 9.17) is 0 Å². The zero-order valence-electron chi connectivity index (χ0n) is 9.47. The highest BCUT2D eigenvalue weighted by atomic mass is 127. The topological polar surface area (TPSA) is 41.1 Å². The number of rotatable bonds is 2. The Hall–Kier alpha value is -0.140. The molecule has 3 nitrogen and oxygen atoms in total. The van der Waals surface area contributed by atoms with Crippen molar-refractivity contribution in [3.63, 3.8) is 0 Å². The molecule has 1 aromatic carbocycles. The summed E-state index contributed by atoms with van der Waals surface area (Å²) < 4.78 is 2.03. The van der Waals surface area contributed by atoms with Crippen molar-refractivity contribution in [2.75, 3.05) is 18.4 Å². The van der Waals surface area contributed by atoms with E-state index in [-0.39, 0.29) is 11.8 Å². The molecule has 17 heavy (non-hydrogen) atoms. The highest BCUT2D eigenvalue weighted by Crippen LogP contribution is 2.25. The van der Waals surface area contributed by atoms with E-state index in [2.05, 4.69) is 56.1 Å². The molecule has 0 bridgehead atoms. The highest BCUT2D eigenvalue weighted by Gasteiger charge is 2.29. The predicted octanol–water partition coefficient (Wildman–Crippen LogP) is 2.85. The van der Waals surface area contributed by atoms with Gasteiger partial charge in [-0.25, -0.2) is 0 Å². The predicted molar refractivity (Wildman–Crippen MR) is 81.0 cm³/mol. The summed E-state index contributed by atoms with van der Waals surface area (Å²) in [5.41, 5.74) is 0.879. The van der Waals surface area contributed by atoms with E-state index in [9.17, 15) is 4.79 Å². The summed E-state index contributed by atoms with van der Waals surface area (Å²) in [6.45, 7) is 3.81. The van der Waals surface area contributed by atoms with Crippen LogP contribution in [0.1, 0.15) is 6.92 Å². The van der Waals surface area contributed by atoms with Crippen LogP contribution in [0, 0.1) is 15.4 Å². The first-order valence-corrected chi connectivity index (χ1v) is 7.41. The summed E-state index contributed by atoms with van der Waals surface area (Å²) in [5.74, 6) is 0.586. The van der Waals surface area contributed by atoms with Crippen molar-refractivity contribution in [3.05, 3.63) is 26.2 Å². The number of hydrogen-bond donors (Lipinski definition) is 2. The molecule has 5 heteroatoms. The number of carbonyl (C=O) groups excluding carboxylic acids is 1. The molecule has 0 radical (unpaired) electrons. The molecule has 1 aromatic rings. The second-order valence-electron chi connectivity index (χ2n) is 4.36. The van der Waals surface area contributed by atoms with Gasteiger partial charge in [0.15, 0.2) is 0 Å². The maximum absolute atomic E-state index is 12.1. The van der Waals surface area contributed by atoms with E-state index in [1.165, 1.54) is 0 Å². The Morgan fingerprint density at radius 1 is 1.53 bits per heavy atom. The van der Waals surface area contributed by atoms with E-state index in [1.807, 2.05) is 18.2 Å². The second-order valence-corrected chi connectivity index (χ2v) is 6.43. The molecule has 1 amide bonds. The summed E-state index contributed by atoms with van der Waals surface area (Å²) in [5, 5.41) is 6.25. The van der Waals surface area contributed by atoms with Gasteiger partial charge in [0.05, 0.1) is 11.6 Å². The molecule has 2 N–H and O–H groups in total. The van der Waals surface area contributed by atoms with Crippen LogP contribution in [0.5, 0.6) is 0 Å². The minimum absolute atomic E-state index is 0.0739. The van der Waals surface area contributed by atoms with Gasteiger partial charge in [-0.05, 0) is 53.3 Å². The molecule has 0 aromatic heterocycles. The van der Waals surface area contributed by atoms with Crippen molar-refractivity contribution in [1.29, 1.82) is 0 Å². The first kappa shape index (κ1) is 13.3. The molecule has 2 unspecified atom stereocenters. The molecule has 1 aliphatic heterocycles. The lowest BCUT2D eigenvalue weighted by molar-refractivity contribution is -0.120. The summed E-state index contributed by atoms with van der Waals surface area (Å²) in [4.78, 5) is 12.1. The number of carbonyl (C=O) groups is 1. The van der Waals surface area contributed by atoms with Gasteiger partial charge < -0.3 is 10.6 Å². The molecule has 0 spiro atoms. The molecule has 92 valence electrons. The summed E-state index contributed by atoms with van der Waals surface area (Å²) in [6, 6.07) is 5.89. The normalized spacial score (nSPS) is 23.7. The van der Waals surface area contributed by atoms with Crippen LogP contribution in [0.15, 0.2) is 22.7 Å². The molecule has 0 saturated carbocycles. The summed E-state index contributed by atoms with van der Waals surface area (Å²) in [6.07, 6.45) is 0. The van der Waals surface area contributed by atoms with Crippen molar-refractivity contribution in [2.45, 2.75) is 6.92 Å². The first-order chi connectivity index (χ1) is 8.08.